The molecular formula is C11H10O3. The molecule has 0 aromatic heterocycles. The molecule has 0 bridgehead atoms. The van der Waals surface area contributed by atoms with Crippen LogP contribution >= 0.6 is 0 Å². The Bertz CT molecular complexity index is 395. The number of cyclic esters (lactones) is 1. The molecule has 0 aliphatic carbocycles. The fraction of sp³-hybridized carbons (Fsp3) is 0.273. The van der Waals surface area contributed by atoms with Gasteiger partial charge in [-0.25, -0.2) is 4.79 Å². The lowest BCUT2D eigenvalue weighted by Crippen LogP contribution is -2.10. The van der Waals surface area contributed by atoms with Gasteiger partial charge in [0.05, 0.1) is 5.56 Å². The van der Waals surface area contributed by atoms with Crippen LogP contribution in [0.1, 0.15) is 35.4 Å². The van der Waals surface area contributed by atoms with Gasteiger partial charge in [-0.2, -0.15) is 0 Å². The van der Waals surface area contributed by atoms with Crippen LogP contribution in [-0.4, -0.2) is 11.8 Å². The van der Waals surface area contributed by atoms with Crippen molar-refractivity contribution in [1.29, 1.82) is 0 Å². The molecule has 3 nitrogen and oxygen atoms in total. The smallest absolute Gasteiger partial charge is 0.339 e. The number of hydrogen-bond donors (Lipinski definition) is 0. The number of hydrogen-bond acceptors (Lipinski definition) is 3. The van der Waals surface area contributed by atoms with Crippen molar-refractivity contribution >= 4 is 11.8 Å². The Morgan fingerprint density at radius 1 is 1.43 bits per heavy atom. The highest BCUT2D eigenvalue weighted by molar-refractivity contribution is 6.00. The summed E-state index contributed by atoms with van der Waals surface area (Å²) >= 11 is 0. The number of esters is 1. The fourth-order valence-corrected chi connectivity index (χ4v) is 1.57. The summed E-state index contributed by atoms with van der Waals surface area (Å²) in [6, 6.07) is 7.01. The topological polar surface area (TPSA) is 43.4 Å². The van der Waals surface area contributed by atoms with Gasteiger partial charge in [-0.05, 0) is 6.07 Å². The average Bonchev–Trinajstić information content (AvgIpc) is 2.56. The predicted octanol–water partition coefficient (Wildman–Crippen LogP) is 1.88. The summed E-state index contributed by atoms with van der Waals surface area (Å²) < 4.78 is 5.00. The van der Waals surface area contributed by atoms with Crippen LogP contribution in [0.5, 0.6) is 0 Å². The van der Waals surface area contributed by atoms with E-state index in [4.69, 9.17) is 4.74 Å². The zero-order valence-corrected chi connectivity index (χ0v) is 7.82. The van der Waals surface area contributed by atoms with Crippen LogP contribution in [0.2, 0.25) is 0 Å². The van der Waals surface area contributed by atoms with E-state index in [0.717, 1.165) is 0 Å². The molecule has 0 spiro atoms. The number of ketones is 1. The summed E-state index contributed by atoms with van der Waals surface area (Å²) in [5.74, 6) is -0.448. The maximum absolute atomic E-state index is 11.4. The van der Waals surface area contributed by atoms with E-state index in [1.54, 1.807) is 31.2 Å². The van der Waals surface area contributed by atoms with Gasteiger partial charge in [0.2, 0.25) is 0 Å². The third-order valence-electron chi connectivity index (χ3n) is 2.33. The van der Waals surface area contributed by atoms with Crippen LogP contribution in [0.4, 0.5) is 0 Å². The van der Waals surface area contributed by atoms with Crippen molar-refractivity contribution in [2.45, 2.75) is 19.4 Å². The van der Waals surface area contributed by atoms with Crippen LogP contribution in [-0.2, 0) is 9.53 Å². The van der Waals surface area contributed by atoms with Gasteiger partial charge in [-0.3, -0.25) is 4.79 Å². The molecule has 1 heterocycles. The summed E-state index contributed by atoms with van der Waals surface area (Å²) in [4.78, 5) is 22.8. The summed E-state index contributed by atoms with van der Waals surface area (Å²) in [7, 11) is 0. The minimum absolute atomic E-state index is 0.0525. The van der Waals surface area contributed by atoms with Crippen molar-refractivity contribution in [1.82, 2.24) is 0 Å². The second kappa shape index (κ2) is 3.25. The van der Waals surface area contributed by atoms with Crippen LogP contribution in [0.15, 0.2) is 24.3 Å². The SMILES string of the molecule is CCC(=O)C1OC(=O)c2ccccc21. The molecule has 14 heavy (non-hydrogen) atoms. The highest BCUT2D eigenvalue weighted by Crippen LogP contribution is 2.31. The first kappa shape index (κ1) is 8.94. The van der Waals surface area contributed by atoms with Crippen molar-refractivity contribution in [3.63, 3.8) is 0 Å². The molecular weight excluding hydrogens is 180 g/mol. The number of carbonyl (C=O) groups excluding carboxylic acids is 2. The summed E-state index contributed by atoms with van der Waals surface area (Å²) in [5, 5.41) is 0. The van der Waals surface area contributed by atoms with Gasteiger partial charge in [0.15, 0.2) is 11.9 Å². The first-order valence-corrected chi connectivity index (χ1v) is 4.56. The molecule has 72 valence electrons. The lowest BCUT2D eigenvalue weighted by Gasteiger charge is -2.06. The van der Waals surface area contributed by atoms with Crippen molar-refractivity contribution in [2.24, 2.45) is 0 Å². The van der Waals surface area contributed by atoms with E-state index < -0.39 is 12.1 Å². The first-order chi connectivity index (χ1) is 6.74. The molecule has 0 fully saturated rings. The van der Waals surface area contributed by atoms with E-state index in [1.807, 2.05) is 0 Å². The van der Waals surface area contributed by atoms with E-state index in [1.165, 1.54) is 0 Å². The number of benzene rings is 1. The number of Topliss-reactive ketones (excluding diaryl/α,β-unsaturated/α-hetero) is 1. The van der Waals surface area contributed by atoms with E-state index in [2.05, 4.69) is 0 Å². The number of rotatable bonds is 2. The normalized spacial score (nSPS) is 18.9. The van der Waals surface area contributed by atoms with Gasteiger partial charge in [-0.1, -0.05) is 25.1 Å². The van der Waals surface area contributed by atoms with Gasteiger partial charge in [0.25, 0.3) is 0 Å². The summed E-state index contributed by atoms with van der Waals surface area (Å²) in [6.07, 6.45) is -0.296. The fourth-order valence-electron chi connectivity index (χ4n) is 1.57. The van der Waals surface area contributed by atoms with E-state index in [0.29, 0.717) is 17.5 Å². The van der Waals surface area contributed by atoms with Crippen LogP contribution < -0.4 is 0 Å². The quantitative estimate of drug-likeness (QED) is 0.669. The zero-order valence-electron chi connectivity index (χ0n) is 7.82. The molecule has 0 N–H and O–H groups in total. The largest absolute Gasteiger partial charge is 0.446 e. The lowest BCUT2D eigenvalue weighted by molar-refractivity contribution is -0.127. The third kappa shape index (κ3) is 1.21. The molecule has 3 heteroatoms. The van der Waals surface area contributed by atoms with Gasteiger partial charge in [0.1, 0.15) is 0 Å². The Balaban J connectivity index is 2.44. The minimum atomic E-state index is -0.677. The van der Waals surface area contributed by atoms with Crippen LogP contribution in [0.3, 0.4) is 0 Å². The summed E-state index contributed by atoms with van der Waals surface area (Å²) in [6.45, 7) is 1.76. The Labute approximate surface area is 81.7 Å². The van der Waals surface area contributed by atoms with Crippen molar-refractivity contribution in [3.8, 4) is 0 Å². The standard InChI is InChI=1S/C11H10O3/c1-2-9(12)10-7-5-3-4-6-8(7)11(13)14-10/h3-6,10H,2H2,1H3. The second-order valence-electron chi connectivity index (χ2n) is 3.19. The Kier molecular flexibility index (Phi) is 2.08. The van der Waals surface area contributed by atoms with E-state index in [9.17, 15) is 9.59 Å². The van der Waals surface area contributed by atoms with E-state index in [-0.39, 0.29) is 5.78 Å². The average molecular weight is 190 g/mol. The molecule has 1 atom stereocenters. The van der Waals surface area contributed by atoms with Gasteiger partial charge in [-0.15, -0.1) is 0 Å². The molecule has 0 amide bonds. The van der Waals surface area contributed by atoms with Gasteiger partial charge in [0, 0.05) is 12.0 Å². The van der Waals surface area contributed by atoms with Gasteiger partial charge >= 0.3 is 5.97 Å². The molecule has 0 radical (unpaired) electrons. The van der Waals surface area contributed by atoms with Crippen molar-refractivity contribution in [3.05, 3.63) is 35.4 Å². The lowest BCUT2D eigenvalue weighted by atomic mass is 10.0. The Hall–Kier alpha value is -1.64. The molecule has 0 saturated carbocycles. The first-order valence-electron chi connectivity index (χ1n) is 4.56. The maximum Gasteiger partial charge on any atom is 0.339 e. The number of fused-ring (bicyclic) bond motifs is 1. The molecule has 1 aromatic carbocycles. The predicted molar refractivity (Wildman–Crippen MR) is 49.9 cm³/mol. The molecule has 1 aliphatic rings. The highest BCUT2D eigenvalue weighted by Gasteiger charge is 2.34. The van der Waals surface area contributed by atoms with Crippen molar-refractivity contribution < 1.29 is 14.3 Å². The third-order valence-corrected chi connectivity index (χ3v) is 2.33. The number of ether oxygens (including phenoxy) is 1. The van der Waals surface area contributed by atoms with Crippen molar-refractivity contribution in [2.75, 3.05) is 0 Å². The molecule has 1 aliphatic heterocycles. The van der Waals surface area contributed by atoms with Gasteiger partial charge < -0.3 is 4.74 Å². The summed E-state index contributed by atoms with van der Waals surface area (Å²) in [5.41, 5.74) is 1.21. The molecule has 0 saturated heterocycles. The Morgan fingerprint density at radius 3 is 2.86 bits per heavy atom. The zero-order chi connectivity index (χ0) is 10.1. The second-order valence-corrected chi connectivity index (χ2v) is 3.19. The molecule has 1 unspecified atom stereocenters. The monoisotopic (exact) mass is 190 g/mol. The molecule has 1 aromatic rings. The minimum Gasteiger partial charge on any atom is -0.446 e. The molecule has 2 rings (SSSR count). The van der Waals surface area contributed by atoms with E-state index >= 15 is 0 Å². The highest BCUT2D eigenvalue weighted by atomic mass is 16.6. The maximum atomic E-state index is 11.4. The number of carbonyl (C=O) groups is 2. The van der Waals surface area contributed by atoms with Crippen LogP contribution in [0, 0.1) is 0 Å². The van der Waals surface area contributed by atoms with Crippen LogP contribution in [0.25, 0.3) is 0 Å². The Morgan fingerprint density at radius 2 is 2.14 bits per heavy atom.